The number of benzene rings is 2. The van der Waals surface area contributed by atoms with E-state index in [1.807, 2.05) is 6.07 Å². The Bertz CT molecular complexity index is 957. The Labute approximate surface area is 187 Å². The van der Waals surface area contributed by atoms with Gasteiger partial charge in [-0.05, 0) is 55.5 Å². The van der Waals surface area contributed by atoms with Crippen LogP contribution in [0.4, 0.5) is 5.69 Å². The number of phenolic OH excluding ortho intramolecular Hbond substituents is 1. The molecule has 1 saturated carbocycles. The molecule has 0 aliphatic heterocycles. The van der Waals surface area contributed by atoms with Gasteiger partial charge < -0.3 is 25.7 Å². The molecule has 2 aromatic carbocycles. The smallest absolute Gasteiger partial charge is 0.307 e. The van der Waals surface area contributed by atoms with Crippen molar-refractivity contribution in [3.05, 3.63) is 52.0 Å². The van der Waals surface area contributed by atoms with Gasteiger partial charge in [0.2, 0.25) is 0 Å². The lowest BCUT2D eigenvalue weighted by Crippen LogP contribution is -2.10. The van der Waals surface area contributed by atoms with Gasteiger partial charge in [0.15, 0.2) is 0 Å². The molecule has 31 heavy (non-hydrogen) atoms. The maximum Gasteiger partial charge on any atom is 0.307 e. The summed E-state index contributed by atoms with van der Waals surface area (Å²) in [6.07, 6.45) is 4.29. The third-order valence-corrected chi connectivity index (χ3v) is 5.61. The van der Waals surface area contributed by atoms with Crippen LogP contribution in [-0.2, 0) is 17.6 Å². The van der Waals surface area contributed by atoms with E-state index < -0.39 is 5.97 Å². The van der Waals surface area contributed by atoms with Crippen molar-refractivity contribution in [2.45, 2.75) is 45.4 Å². The van der Waals surface area contributed by atoms with Gasteiger partial charge in [-0.3, -0.25) is 4.79 Å². The largest absolute Gasteiger partial charge is 0.507 e. The van der Waals surface area contributed by atoms with E-state index in [0.717, 1.165) is 36.9 Å². The van der Waals surface area contributed by atoms with E-state index in [2.05, 4.69) is 12.2 Å². The first-order valence-electron chi connectivity index (χ1n) is 10.7. The van der Waals surface area contributed by atoms with E-state index in [1.54, 1.807) is 24.3 Å². The van der Waals surface area contributed by atoms with Crippen LogP contribution < -0.4 is 10.1 Å². The van der Waals surface area contributed by atoms with Gasteiger partial charge in [-0.2, -0.15) is 0 Å². The fourth-order valence-corrected chi connectivity index (χ4v) is 3.79. The molecule has 0 bridgehead atoms. The molecule has 4 N–H and O–H groups in total. The molecule has 3 rings (SSSR count). The summed E-state index contributed by atoms with van der Waals surface area (Å²) in [4.78, 5) is 10.8. The van der Waals surface area contributed by atoms with Gasteiger partial charge in [0.25, 0.3) is 0 Å². The van der Waals surface area contributed by atoms with Gasteiger partial charge in [0.05, 0.1) is 23.7 Å². The first kappa shape index (κ1) is 22.9. The van der Waals surface area contributed by atoms with E-state index in [-0.39, 0.29) is 18.1 Å². The second-order valence-corrected chi connectivity index (χ2v) is 8.30. The molecule has 1 aliphatic carbocycles. The highest BCUT2D eigenvalue weighted by Crippen LogP contribution is 2.39. The zero-order valence-corrected chi connectivity index (χ0v) is 18.5. The summed E-state index contributed by atoms with van der Waals surface area (Å²) in [5, 5.41) is 31.6. The number of carbonyl (C=O) groups is 1. The summed E-state index contributed by atoms with van der Waals surface area (Å²) < 4.78 is 5.94. The number of ether oxygens (including phenoxy) is 1. The van der Waals surface area contributed by atoms with Gasteiger partial charge >= 0.3 is 5.97 Å². The molecular weight excluding hydrogens is 416 g/mol. The summed E-state index contributed by atoms with van der Waals surface area (Å²) in [5.74, 6) is 0.244. The zero-order chi connectivity index (χ0) is 22.4. The van der Waals surface area contributed by atoms with Gasteiger partial charge in [0, 0.05) is 29.3 Å². The molecule has 0 atom stereocenters. The average molecular weight is 445 g/mol. The minimum atomic E-state index is -0.889. The molecule has 0 radical (unpaired) electrons. The van der Waals surface area contributed by atoms with Crippen molar-refractivity contribution in [3.63, 3.8) is 0 Å². The Kier molecular flexibility index (Phi) is 7.80. The number of aliphatic carboxylic acids is 1. The summed E-state index contributed by atoms with van der Waals surface area (Å²) in [6.45, 7) is 3.16. The van der Waals surface area contributed by atoms with E-state index in [1.165, 1.54) is 0 Å². The molecule has 0 saturated heterocycles. The number of carboxylic acids is 1. The van der Waals surface area contributed by atoms with Crippen LogP contribution in [0, 0.1) is 11.3 Å². The molecule has 6 nitrogen and oxygen atoms in total. The minimum absolute atomic E-state index is 0.0559. The van der Waals surface area contributed by atoms with E-state index in [4.69, 9.17) is 26.9 Å². The molecule has 0 unspecified atom stereocenters. The molecule has 166 valence electrons. The minimum Gasteiger partial charge on any atom is -0.507 e. The Balaban J connectivity index is 1.54. The lowest BCUT2D eigenvalue weighted by molar-refractivity contribution is -0.136. The van der Waals surface area contributed by atoms with Crippen LogP contribution in [0.1, 0.15) is 49.3 Å². The summed E-state index contributed by atoms with van der Waals surface area (Å²) in [5.41, 5.74) is 3.34. The molecule has 7 heteroatoms. The van der Waals surface area contributed by atoms with Crippen LogP contribution >= 0.6 is 11.6 Å². The highest BCUT2D eigenvalue weighted by Gasteiger charge is 2.29. The fourth-order valence-electron chi connectivity index (χ4n) is 3.52. The molecule has 0 amide bonds. The molecular formula is C24H29ClN2O4. The highest BCUT2D eigenvalue weighted by molar-refractivity contribution is 6.33. The molecule has 1 aliphatic rings. The maximum absolute atomic E-state index is 10.8. The number of hydrogen-bond donors (Lipinski definition) is 4. The van der Waals surface area contributed by atoms with Gasteiger partial charge in [-0.15, -0.1) is 0 Å². The molecule has 2 aromatic rings. The van der Waals surface area contributed by atoms with Gasteiger partial charge in [-0.1, -0.05) is 31.0 Å². The summed E-state index contributed by atoms with van der Waals surface area (Å²) >= 11 is 6.23. The normalized spacial score (nSPS) is 13.1. The second-order valence-electron chi connectivity index (χ2n) is 7.89. The highest BCUT2D eigenvalue weighted by atomic mass is 35.5. The van der Waals surface area contributed by atoms with Crippen LogP contribution in [0.15, 0.2) is 30.3 Å². The Hall–Kier alpha value is -2.73. The summed E-state index contributed by atoms with van der Waals surface area (Å²) in [6, 6.07) is 8.85. The lowest BCUT2D eigenvalue weighted by atomic mass is 9.98. The number of halogens is 1. The number of anilines is 1. The predicted molar refractivity (Wildman–Crippen MR) is 123 cm³/mol. The number of aromatic hydroxyl groups is 1. The molecule has 0 aromatic heterocycles. The van der Waals surface area contributed by atoms with Crippen molar-refractivity contribution in [2.24, 2.45) is 5.92 Å². The van der Waals surface area contributed by atoms with Crippen LogP contribution in [0.2, 0.25) is 5.02 Å². The van der Waals surface area contributed by atoms with Crippen molar-refractivity contribution in [2.75, 3.05) is 18.5 Å². The number of rotatable bonds is 12. The number of nitrogens with one attached hydrogen (secondary N) is 2. The molecule has 1 fully saturated rings. The Morgan fingerprint density at radius 3 is 2.71 bits per heavy atom. The van der Waals surface area contributed by atoms with Gasteiger partial charge in [0.1, 0.15) is 11.5 Å². The second kappa shape index (κ2) is 10.5. The van der Waals surface area contributed by atoms with E-state index >= 15 is 0 Å². The van der Waals surface area contributed by atoms with Gasteiger partial charge in [-0.25, -0.2) is 0 Å². The first-order chi connectivity index (χ1) is 14.9. The maximum atomic E-state index is 10.8. The zero-order valence-electron chi connectivity index (χ0n) is 17.7. The van der Waals surface area contributed by atoms with Crippen LogP contribution in [0.3, 0.4) is 0 Å². The number of phenols is 1. The number of carboxylic acid groups (broad SMARTS) is 1. The van der Waals surface area contributed by atoms with Crippen molar-refractivity contribution in [3.8, 4) is 11.5 Å². The first-order valence-corrected chi connectivity index (χ1v) is 11.1. The predicted octanol–water partition coefficient (Wildman–Crippen LogP) is 5.28. The monoisotopic (exact) mass is 444 g/mol. The quantitative estimate of drug-likeness (QED) is 0.263. The third-order valence-electron chi connectivity index (χ3n) is 5.30. The average Bonchev–Trinajstić information content (AvgIpc) is 3.56. The molecule has 0 spiro atoms. The van der Waals surface area contributed by atoms with Crippen molar-refractivity contribution < 1.29 is 19.7 Å². The van der Waals surface area contributed by atoms with E-state index in [9.17, 15) is 9.90 Å². The standard InChI is InChI=1S/C24H29ClN2O4/c1-2-4-17-21(10-8-18(24(17)30)23(26)16-6-7-16)31-12-3-11-27-20-9-5-15(13-19(20)25)14-22(28)29/h5,8-10,13,16,26-27,30H,2-4,6-7,11-12,14H2,1H3,(H,28,29). The van der Waals surface area contributed by atoms with Crippen molar-refractivity contribution in [1.29, 1.82) is 5.41 Å². The Morgan fingerprint density at radius 1 is 1.29 bits per heavy atom. The van der Waals surface area contributed by atoms with Crippen molar-refractivity contribution >= 4 is 29.0 Å². The lowest BCUT2D eigenvalue weighted by Gasteiger charge is -2.16. The molecule has 0 heterocycles. The van der Waals surface area contributed by atoms with Crippen LogP contribution in [0.25, 0.3) is 0 Å². The van der Waals surface area contributed by atoms with Crippen LogP contribution in [-0.4, -0.2) is 35.0 Å². The SMILES string of the molecule is CCCc1c(OCCCNc2ccc(CC(=O)O)cc2Cl)ccc(C(=N)C2CC2)c1O. The topological polar surface area (TPSA) is 103 Å². The van der Waals surface area contributed by atoms with E-state index in [0.29, 0.717) is 47.2 Å². The Morgan fingerprint density at radius 2 is 2.06 bits per heavy atom. The van der Waals surface area contributed by atoms with Crippen LogP contribution in [0.5, 0.6) is 11.5 Å². The number of hydrogen-bond acceptors (Lipinski definition) is 5. The summed E-state index contributed by atoms with van der Waals surface area (Å²) in [7, 11) is 0. The fraction of sp³-hybridized carbons (Fsp3) is 0.417. The van der Waals surface area contributed by atoms with Crippen molar-refractivity contribution in [1.82, 2.24) is 0 Å². The third kappa shape index (κ3) is 6.14.